The van der Waals surface area contributed by atoms with Crippen molar-refractivity contribution in [2.75, 3.05) is 0 Å². The van der Waals surface area contributed by atoms with E-state index in [0.717, 1.165) is 0 Å². The van der Waals surface area contributed by atoms with E-state index in [1.54, 1.807) is 28.8 Å². The second kappa shape index (κ2) is 6.86. The van der Waals surface area contributed by atoms with E-state index in [1.165, 1.54) is 29.2 Å². The minimum absolute atomic E-state index is 0.113. The van der Waals surface area contributed by atoms with Gasteiger partial charge in [-0.3, -0.25) is 9.36 Å². The molecular weight excluding hydrogens is 355 g/mol. The molecule has 0 fully saturated rings. The molecule has 0 unspecified atom stereocenters. The van der Waals surface area contributed by atoms with Crippen molar-refractivity contribution >= 4 is 44.9 Å². The summed E-state index contributed by atoms with van der Waals surface area (Å²) in [6.07, 6.45) is 1.64. The van der Waals surface area contributed by atoms with Gasteiger partial charge in [0.25, 0.3) is 5.56 Å². The van der Waals surface area contributed by atoms with Crippen molar-refractivity contribution in [3.8, 4) is 0 Å². The summed E-state index contributed by atoms with van der Waals surface area (Å²) in [6, 6.07) is 6.34. The highest BCUT2D eigenvalue weighted by Crippen LogP contribution is 2.28. The largest absolute Gasteiger partial charge is 0.283 e. The Hall–Kier alpha value is -1.63. The zero-order valence-corrected chi connectivity index (χ0v) is 14.3. The number of hydrogen-bond donors (Lipinski definition) is 0. The summed E-state index contributed by atoms with van der Waals surface area (Å²) in [7, 11) is 0. The fourth-order valence-electron chi connectivity index (χ4n) is 2.14. The molecule has 0 bridgehead atoms. The molecule has 3 rings (SSSR count). The first kappa shape index (κ1) is 16.2. The second-order valence-corrected chi connectivity index (χ2v) is 6.97. The number of thioether (sulfide) groups is 1. The van der Waals surface area contributed by atoms with Crippen LogP contribution in [0, 0.1) is 5.82 Å². The van der Waals surface area contributed by atoms with Gasteiger partial charge in [0.2, 0.25) is 0 Å². The second-order valence-electron chi connectivity index (χ2n) is 4.73. The zero-order chi connectivity index (χ0) is 16.4. The van der Waals surface area contributed by atoms with Gasteiger partial charge in [-0.15, -0.1) is 17.9 Å². The van der Waals surface area contributed by atoms with E-state index >= 15 is 0 Å². The molecule has 0 N–H and O–H groups in total. The molecule has 23 heavy (non-hydrogen) atoms. The van der Waals surface area contributed by atoms with Crippen molar-refractivity contribution in [2.24, 2.45) is 0 Å². The molecule has 3 aromatic rings. The van der Waals surface area contributed by atoms with E-state index in [9.17, 15) is 9.18 Å². The van der Waals surface area contributed by atoms with Crippen LogP contribution < -0.4 is 5.56 Å². The Balaban J connectivity index is 2.00. The average Bonchev–Trinajstić information content (AvgIpc) is 2.99. The molecule has 0 saturated heterocycles. The number of aromatic nitrogens is 2. The molecule has 118 valence electrons. The van der Waals surface area contributed by atoms with E-state index in [0.29, 0.717) is 38.3 Å². The predicted octanol–water partition coefficient (Wildman–Crippen LogP) is 4.73. The maximum Gasteiger partial charge on any atom is 0.263 e. The Labute approximate surface area is 145 Å². The number of fused-ring (bicyclic) bond motifs is 1. The van der Waals surface area contributed by atoms with Crippen LogP contribution in [0.25, 0.3) is 10.2 Å². The lowest BCUT2D eigenvalue weighted by atomic mass is 10.2. The molecule has 0 aliphatic rings. The molecule has 0 atom stereocenters. The number of halogens is 2. The van der Waals surface area contributed by atoms with Gasteiger partial charge < -0.3 is 0 Å². The Bertz CT molecular complexity index is 915. The summed E-state index contributed by atoms with van der Waals surface area (Å²) in [5.74, 6) is -0.0637. The molecular formula is C16H12ClFN2OS2. The van der Waals surface area contributed by atoms with Gasteiger partial charge in [0.05, 0.1) is 5.39 Å². The number of rotatable bonds is 5. The van der Waals surface area contributed by atoms with Gasteiger partial charge in [-0.2, -0.15) is 0 Å². The quantitative estimate of drug-likeness (QED) is 0.372. The number of hydrogen-bond acceptors (Lipinski definition) is 4. The highest BCUT2D eigenvalue weighted by molar-refractivity contribution is 7.98. The molecule has 0 aliphatic heterocycles. The fourth-order valence-corrected chi connectivity index (χ4v) is 4.29. The number of thiophene rings is 1. The van der Waals surface area contributed by atoms with E-state index in [2.05, 4.69) is 11.6 Å². The lowest BCUT2D eigenvalue weighted by molar-refractivity contribution is 0.617. The fraction of sp³-hybridized carbons (Fsp3) is 0.125. The summed E-state index contributed by atoms with van der Waals surface area (Å²) >= 11 is 8.74. The van der Waals surface area contributed by atoms with Crippen LogP contribution in [0.1, 0.15) is 5.56 Å². The van der Waals surface area contributed by atoms with E-state index in [1.807, 2.05) is 5.38 Å². The summed E-state index contributed by atoms with van der Waals surface area (Å²) in [4.78, 5) is 17.7. The minimum Gasteiger partial charge on any atom is -0.283 e. The van der Waals surface area contributed by atoms with Crippen LogP contribution in [-0.4, -0.2) is 9.55 Å². The molecule has 3 nitrogen and oxygen atoms in total. The van der Waals surface area contributed by atoms with Gasteiger partial charge in [0, 0.05) is 22.9 Å². The highest BCUT2D eigenvalue weighted by Gasteiger charge is 2.14. The highest BCUT2D eigenvalue weighted by atomic mass is 35.5. The first-order valence-corrected chi connectivity index (χ1v) is 9.00. The lowest BCUT2D eigenvalue weighted by Crippen LogP contribution is -2.22. The Kier molecular flexibility index (Phi) is 4.84. The predicted molar refractivity (Wildman–Crippen MR) is 95.0 cm³/mol. The molecule has 1 aromatic carbocycles. The Morgan fingerprint density at radius 1 is 1.43 bits per heavy atom. The molecule has 0 aliphatic carbocycles. The van der Waals surface area contributed by atoms with Crippen LogP contribution >= 0.6 is 34.7 Å². The van der Waals surface area contributed by atoms with Gasteiger partial charge in [-0.25, -0.2) is 9.37 Å². The van der Waals surface area contributed by atoms with Gasteiger partial charge in [0.1, 0.15) is 10.6 Å². The van der Waals surface area contributed by atoms with Gasteiger partial charge in [-0.05, 0) is 23.6 Å². The Morgan fingerprint density at radius 2 is 2.26 bits per heavy atom. The summed E-state index contributed by atoms with van der Waals surface area (Å²) in [5.41, 5.74) is 0.295. The number of allylic oxidation sites excluding steroid dienone is 1. The van der Waals surface area contributed by atoms with Gasteiger partial charge in [-0.1, -0.05) is 35.5 Å². The van der Waals surface area contributed by atoms with Crippen molar-refractivity contribution in [3.05, 3.63) is 69.1 Å². The van der Waals surface area contributed by atoms with E-state index < -0.39 is 0 Å². The van der Waals surface area contributed by atoms with Crippen LogP contribution in [0.15, 0.2) is 52.3 Å². The van der Waals surface area contributed by atoms with Crippen LogP contribution in [0.3, 0.4) is 0 Å². The Morgan fingerprint density at radius 3 is 3.00 bits per heavy atom. The standard InChI is InChI=1S/C16H12ClFN2OS2/c1-2-7-20-15(21)10-6-8-22-14(10)19-16(20)23-9-11-12(17)4-3-5-13(11)18/h2-6,8H,1,7,9H2. The third kappa shape index (κ3) is 3.20. The molecule has 2 aromatic heterocycles. The average molecular weight is 367 g/mol. The summed E-state index contributed by atoms with van der Waals surface area (Å²) < 4.78 is 15.4. The molecule has 0 spiro atoms. The third-order valence-corrected chi connectivity index (χ3v) is 5.43. The van der Waals surface area contributed by atoms with Crippen molar-refractivity contribution < 1.29 is 4.39 Å². The summed E-state index contributed by atoms with van der Waals surface area (Å²) in [6.45, 7) is 4.03. The molecule has 7 heteroatoms. The van der Waals surface area contributed by atoms with Crippen molar-refractivity contribution in [2.45, 2.75) is 17.5 Å². The first-order chi connectivity index (χ1) is 11.1. The summed E-state index contributed by atoms with van der Waals surface area (Å²) in [5, 5.41) is 3.32. The van der Waals surface area contributed by atoms with E-state index in [-0.39, 0.29) is 11.4 Å². The van der Waals surface area contributed by atoms with Gasteiger partial charge >= 0.3 is 0 Å². The third-order valence-electron chi connectivity index (χ3n) is 3.27. The maximum atomic E-state index is 13.9. The van der Waals surface area contributed by atoms with Crippen LogP contribution in [0.5, 0.6) is 0 Å². The maximum absolute atomic E-state index is 13.9. The van der Waals surface area contributed by atoms with E-state index in [4.69, 9.17) is 11.6 Å². The SMILES string of the molecule is C=CCn1c(SCc2c(F)cccc2Cl)nc2sccc2c1=O. The van der Waals surface area contributed by atoms with Crippen LogP contribution in [0.2, 0.25) is 5.02 Å². The zero-order valence-electron chi connectivity index (χ0n) is 12.0. The molecule has 0 radical (unpaired) electrons. The molecule has 0 saturated carbocycles. The minimum atomic E-state index is -0.361. The molecule has 2 heterocycles. The number of benzene rings is 1. The molecule has 0 amide bonds. The normalized spacial score (nSPS) is 11.0. The topological polar surface area (TPSA) is 34.9 Å². The van der Waals surface area contributed by atoms with Gasteiger partial charge in [0.15, 0.2) is 5.16 Å². The van der Waals surface area contributed by atoms with Crippen molar-refractivity contribution in [1.82, 2.24) is 9.55 Å². The first-order valence-electron chi connectivity index (χ1n) is 6.76. The lowest BCUT2D eigenvalue weighted by Gasteiger charge is -2.11. The smallest absolute Gasteiger partial charge is 0.263 e. The monoisotopic (exact) mass is 366 g/mol. The van der Waals surface area contributed by atoms with Crippen molar-refractivity contribution in [3.63, 3.8) is 0 Å². The van der Waals surface area contributed by atoms with Crippen molar-refractivity contribution in [1.29, 1.82) is 0 Å². The number of nitrogens with zero attached hydrogens (tertiary/aromatic N) is 2. The van der Waals surface area contributed by atoms with Crippen LogP contribution in [0.4, 0.5) is 4.39 Å². The van der Waals surface area contributed by atoms with Crippen LogP contribution in [-0.2, 0) is 12.3 Å².